The molecule has 0 aromatic rings. The van der Waals surface area contributed by atoms with E-state index in [0.29, 0.717) is 107 Å². The van der Waals surface area contributed by atoms with Crippen molar-refractivity contribution in [1.29, 1.82) is 0 Å². The van der Waals surface area contributed by atoms with E-state index in [1.165, 1.54) is 6.42 Å². The van der Waals surface area contributed by atoms with E-state index in [2.05, 4.69) is 31.4 Å². The Morgan fingerprint density at radius 1 is 0.661 bits per heavy atom. The molecule has 0 bridgehead atoms. The summed E-state index contributed by atoms with van der Waals surface area (Å²) in [6.07, 6.45) is 10.1. The minimum Gasteiger partial charge on any atom is -0.444 e. The maximum atomic E-state index is 13.3. The molecule has 4 rings (SSSR count). The van der Waals surface area contributed by atoms with Crippen LogP contribution in [-0.4, -0.2) is 112 Å². The number of carbonyl (C=O) groups is 4. The highest BCUT2D eigenvalue weighted by Crippen LogP contribution is 2.68. The fourth-order valence-corrected chi connectivity index (χ4v) is 11.9. The third-order valence-electron chi connectivity index (χ3n) is 14.9. The van der Waals surface area contributed by atoms with Gasteiger partial charge in [0, 0.05) is 45.7 Å². The average molecular weight is 877 g/mol. The Hall–Kier alpha value is -2.80. The average Bonchev–Trinajstić information content (AvgIpc) is 3.49. The number of amides is 4. The van der Waals surface area contributed by atoms with E-state index in [9.17, 15) is 29.4 Å². The third kappa shape index (κ3) is 14.6. The second-order valence-electron chi connectivity index (χ2n) is 23.1. The first-order valence-corrected chi connectivity index (χ1v) is 24.3. The van der Waals surface area contributed by atoms with Gasteiger partial charge in [-0.2, -0.15) is 0 Å². The third-order valence-corrected chi connectivity index (χ3v) is 14.9. The van der Waals surface area contributed by atoms with Crippen molar-refractivity contribution in [3.8, 4) is 0 Å². The van der Waals surface area contributed by atoms with Crippen LogP contribution in [0.1, 0.15) is 173 Å². The number of nitrogens with one attached hydrogen (secondary N) is 2. The highest BCUT2D eigenvalue weighted by Gasteiger charge is 2.62. The van der Waals surface area contributed by atoms with Crippen molar-refractivity contribution in [2.45, 2.75) is 202 Å². The number of aliphatic hydroxyl groups is 2. The first-order valence-electron chi connectivity index (χ1n) is 24.3. The van der Waals surface area contributed by atoms with Crippen LogP contribution < -0.4 is 10.6 Å². The van der Waals surface area contributed by atoms with Crippen molar-refractivity contribution < 1.29 is 43.6 Å². The predicted molar refractivity (Wildman–Crippen MR) is 242 cm³/mol. The van der Waals surface area contributed by atoms with E-state index < -0.39 is 35.1 Å². The maximum absolute atomic E-state index is 13.3. The molecule has 0 unspecified atom stereocenters. The van der Waals surface area contributed by atoms with Crippen LogP contribution in [0.3, 0.4) is 0 Å². The van der Waals surface area contributed by atoms with Crippen molar-refractivity contribution in [3.05, 3.63) is 0 Å². The van der Waals surface area contributed by atoms with Gasteiger partial charge in [-0.15, -0.1) is 0 Å². The van der Waals surface area contributed by atoms with Gasteiger partial charge >= 0.3 is 18.3 Å². The number of hydrogen-bond acceptors (Lipinski definition) is 9. The second kappa shape index (κ2) is 21.5. The summed E-state index contributed by atoms with van der Waals surface area (Å²) in [5.41, 5.74) is -1.52. The lowest BCUT2D eigenvalue weighted by molar-refractivity contribution is -0.174. The Bertz CT molecular complexity index is 1490. The molecule has 358 valence electrons. The summed E-state index contributed by atoms with van der Waals surface area (Å²) in [5, 5.41) is 27.9. The monoisotopic (exact) mass is 877 g/mol. The molecule has 0 radical (unpaired) electrons. The van der Waals surface area contributed by atoms with Gasteiger partial charge in [-0.3, -0.25) is 4.79 Å². The predicted octanol–water partition coefficient (Wildman–Crippen LogP) is 9.07. The van der Waals surface area contributed by atoms with E-state index >= 15 is 0 Å². The minimum atomic E-state index is -0.659. The number of nitrogens with zero attached hydrogens (tertiary/aromatic N) is 2. The molecule has 4 N–H and O–H groups in total. The Balaban J connectivity index is 1.22. The highest BCUT2D eigenvalue weighted by atomic mass is 16.6. The number of ether oxygens (including phenoxy) is 3. The molecular weight excluding hydrogens is 789 g/mol. The summed E-state index contributed by atoms with van der Waals surface area (Å²) in [7, 11) is 0. The molecule has 10 atom stereocenters. The van der Waals surface area contributed by atoms with Crippen molar-refractivity contribution in [2.24, 2.45) is 46.3 Å². The summed E-state index contributed by atoms with van der Waals surface area (Å²) in [4.78, 5) is 55.0. The second-order valence-corrected chi connectivity index (χ2v) is 23.1. The van der Waals surface area contributed by atoms with Gasteiger partial charge in [0.25, 0.3) is 0 Å². The largest absolute Gasteiger partial charge is 0.444 e. The first kappa shape index (κ1) is 51.8. The molecule has 13 nitrogen and oxygen atoms in total. The van der Waals surface area contributed by atoms with E-state index in [1.807, 2.05) is 41.5 Å². The fraction of sp³-hybridized carbons (Fsp3) is 0.918. The number of fused-ring (bicyclic) bond motifs is 5. The molecule has 13 heteroatoms. The molecule has 0 aliphatic heterocycles. The van der Waals surface area contributed by atoms with Crippen LogP contribution in [0, 0.1) is 46.3 Å². The molecular formula is C49H88N4O9. The van der Waals surface area contributed by atoms with Crippen LogP contribution >= 0.6 is 0 Å². The van der Waals surface area contributed by atoms with Gasteiger partial charge in [0.15, 0.2) is 0 Å². The Morgan fingerprint density at radius 3 is 1.71 bits per heavy atom. The highest BCUT2D eigenvalue weighted by molar-refractivity contribution is 5.75. The molecule has 0 heterocycles. The summed E-state index contributed by atoms with van der Waals surface area (Å²) >= 11 is 0. The zero-order valence-electron chi connectivity index (χ0n) is 40.9. The van der Waals surface area contributed by atoms with Crippen molar-refractivity contribution in [1.82, 2.24) is 20.4 Å². The molecule has 4 amide bonds. The topological polar surface area (TPSA) is 167 Å². The van der Waals surface area contributed by atoms with Crippen molar-refractivity contribution >= 4 is 24.2 Å². The standard InChI is InChI=1S/C49H88N4O9/c1-33(36-18-19-37-41-38(22-24-49(36,37)12)48(11)23-21-35(54)31-34(48)32-39(41)55)17-20-40(56)50-25-15-29-52(43(58)61-46(5,6)7)27-13-14-28-53(44(59)62-47(8,9)10)30-16-26-51-42(57)60-45(2,3)4/h33-39,41,54-55H,13-32H2,1-12H3,(H,50,56)(H,51,57)/t33-,34+,35-,36-,37+,38+,39+,41+,48+,49-/m1/s1. The fourth-order valence-electron chi connectivity index (χ4n) is 11.9. The molecule has 4 aliphatic rings. The first-order chi connectivity index (χ1) is 28.7. The van der Waals surface area contributed by atoms with Gasteiger partial charge in [0.1, 0.15) is 16.8 Å². The van der Waals surface area contributed by atoms with Crippen LogP contribution in [0.5, 0.6) is 0 Å². The summed E-state index contributed by atoms with van der Waals surface area (Å²) in [5.74, 6) is 2.77. The molecule has 4 fully saturated rings. The zero-order valence-corrected chi connectivity index (χ0v) is 40.9. The van der Waals surface area contributed by atoms with Gasteiger partial charge in [-0.05, 0) is 192 Å². The van der Waals surface area contributed by atoms with Gasteiger partial charge in [-0.25, -0.2) is 14.4 Å². The minimum absolute atomic E-state index is 0.0359. The SMILES string of the molecule is C[C@H](CCC(=O)NCCCN(CCCCN(CCCNC(=O)OC(C)(C)C)C(=O)OC(C)(C)C)C(=O)OC(C)(C)C)[C@H]1CC[C@H]2[C@@H]3[C@@H](O)C[C@@H]4C[C@H](O)CC[C@]4(C)[C@H]3CC[C@]12C. The molecule has 0 aromatic heterocycles. The van der Waals surface area contributed by atoms with Crippen LogP contribution in [0.2, 0.25) is 0 Å². The van der Waals surface area contributed by atoms with Gasteiger partial charge in [-0.1, -0.05) is 20.8 Å². The molecule has 0 aromatic carbocycles. The Kier molecular flexibility index (Phi) is 17.9. The van der Waals surface area contributed by atoms with Gasteiger partial charge < -0.3 is 44.9 Å². The number of rotatable bonds is 17. The summed E-state index contributed by atoms with van der Waals surface area (Å²) in [6.45, 7) is 26.2. The number of aliphatic hydroxyl groups excluding tert-OH is 2. The molecule has 0 spiro atoms. The Labute approximate surface area is 374 Å². The van der Waals surface area contributed by atoms with Gasteiger partial charge in [0.05, 0.1) is 12.2 Å². The van der Waals surface area contributed by atoms with Crippen LogP contribution in [0.25, 0.3) is 0 Å². The molecule has 4 aliphatic carbocycles. The van der Waals surface area contributed by atoms with E-state index in [0.717, 1.165) is 51.4 Å². The van der Waals surface area contributed by atoms with Crippen LogP contribution in [0.15, 0.2) is 0 Å². The number of carbonyl (C=O) groups excluding carboxylic acids is 4. The lowest BCUT2D eigenvalue weighted by atomic mass is 9.43. The summed E-state index contributed by atoms with van der Waals surface area (Å²) in [6, 6.07) is 0. The number of alkyl carbamates (subject to hydrolysis) is 1. The lowest BCUT2D eigenvalue weighted by Crippen LogP contribution is -2.58. The van der Waals surface area contributed by atoms with E-state index in [4.69, 9.17) is 14.2 Å². The van der Waals surface area contributed by atoms with Crippen LogP contribution in [0.4, 0.5) is 14.4 Å². The Morgan fingerprint density at radius 2 is 1.16 bits per heavy atom. The molecule has 62 heavy (non-hydrogen) atoms. The molecule has 0 saturated heterocycles. The van der Waals surface area contributed by atoms with E-state index in [1.54, 1.807) is 30.6 Å². The summed E-state index contributed by atoms with van der Waals surface area (Å²) < 4.78 is 16.7. The maximum Gasteiger partial charge on any atom is 0.410 e. The smallest absolute Gasteiger partial charge is 0.410 e. The molecule has 4 saturated carbocycles. The van der Waals surface area contributed by atoms with E-state index in [-0.39, 0.29) is 28.9 Å². The lowest BCUT2D eigenvalue weighted by Gasteiger charge is -2.62. The quantitative estimate of drug-likeness (QED) is 0.0824. The van der Waals surface area contributed by atoms with Crippen molar-refractivity contribution in [3.63, 3.8) is 0 Å². The number of unbranched alkanes of at least 4 members (excludes halogenated alkanes) is 1. The zero-order chi connectivity index (χ0) is 46.3. The normalized spacial score (nSPS) is 30.2. The van der Waals surface area contributed by atoms with Crippen molar-refractivity contribution in [2.75, 3.05) is 39.3 Å². The van der Waals surface area contributed by atoms with Gasteiger partial charge in [0.2, 0.25) is 5.91 Å². The van der Waals surface area contributed by atoms with Crippen LogP contribution in [-0.2, 0) is 19.0 Å². The number of hydrogen-bond donors (Lipinski definition) is 4.